The maximum absolute atomic E-state index is 11.8. The minimum Gasteiger partial charge on any atom is -0.364 e. The van der Waals surface area contributed by atoms with Gasteiger partial charge in [0.1, 0.15) is 6.26 Å². The van der Waals surface area contributed by atoms with Crippen LogP contribution in [0.2, 0.25) is 4.34 Å². The summed E-state index contributed by atoms with van der Waals surface area (Å²) in [5.74, 6) is 0.116. The van der Waals surface area contributed by atoms with Gasteiger partial charge in [0, 0.05) is 17.5 Å². The fourth-order valence-electron chi connectivity index (χ4n) is 2.15. The lowest BCUT2D eigenvalue weighted by Gasteiger charge is -2.17. The van der Waals surface area contributed by atoms with E-state index >= 15 is 0 Å². The molecular weight excluding hydrogens is 310 g/mol. The molecule has 21 heavy (non-hydrogen) atoms. The standard InChI is InChI=1S/C14H18ClN3O2S/c1-9(16)6-10(12-2-3-13(15)21-12)4-5-17-14(19)11-7-18-20-8-11/h2-3,7-10H,4-6,16H2,1H3,(H,17,19). The van der Waals surface area contributed by atoms with E-state index in [1.807, 2.05) is 19.1 Å². The number of carbonyl (C=O) groups is 1. The summed E-state index contributed by atoms with van der Waals surface area (Å²) in [4.78, 5) is 13.0. The van der Waals surface area contributed by atoms with Crippen LogP contribution in [0.4, 0.5) is 0 Å². The van der Waals surface area contributed by atoms with Crippen LogP contribution in [0.25, 0.3) is 0 Å². The minimum absolute atomic E-state index is 0.102. The zero-order valence-electron chi connectivity index (χ0n) is 11.7. The van der Waals surface area contributed by atoms with Gasteiger partial charge in [-0.1, -0.05) is 16.8 Å². The van der Waals surface area contributed by atoms with Crippen LogP contribution < -0.4 is 11.1 Å². The maximum atomic E-state index is 11.8. The van der Waals surface area contributed by atoms with Crippen molar-refractivity contribution in [1.82, 2.24) is 10.5 Å². The van der Waals surface area contributed by atoms with Gasteiger partial charge in [-0.15, -0.1) is 11.3 Å². The van der Waals surface area contributed by atoms with Crippen LogP contribution >= 0.6 is 22.9 Å². The molecule has 2 heterocycles. The van der Waals surface area contributed by atoms with E-state index in [0.29, 0.717) is 18.0 Å². The van der Waals surface area contributed by atoms with Crippen LogP contribution in [0, 0.1) is 0 Å². The lowest BCUT2D eigenvalue weighted by atomic mass is 9.96. The Morgan fingerprint density at radius 1 is 1.57 bits per heavy atom. The van der Waals surface area contributed by atoms with Crippen molar-refractivity contribution in [2.45, 2.75) is 31.7 Å². The van der Waals surface area contributed by atoms with Crippen LogP contribution in [0.15, 0.2) is 29.1 Å². The van der Waals surface area contributed by atoms with Gasteiger partial charge in [0.25, 0.3) is 5.91 Å². The predicted molar refractivity (Wildman–Crippen MR) is 83.8 cm³/mol. The van der Waals surface area contributed by atoms with Crippen molar-refractivity contribution in [2.75, 3.05) is 6.54 Å². The highest BCUT2D eigenvalue weighted by molar-refractivity contribution is 7.16. The van der Waals surface area contributed by atoms with Crippen molar-refractivity contribution in [1.29, 1.82) is 0 Å². The number of halogens is 1. The van der Waals surface area contributed by atoms with Crippen LogP contribution in [0.3, 0.4) is 0 Å². The van der Waals surface area contributed by atoms with Gasteiger partial charge >= 0.3 is 0 Å². The Bertz CT molecular complexity index is 569. The van der Waals surface area contributed by atoms with E-state index in [2.05, 4.69) is 15.0 Å². The topological polar surface area (TPSA) is 81.1 Å². The number of hydrogen-bond acceptors (Lipinski definition) is 5. The summed E-state index contributed by atoms with van der Waals surface area (Å²) in [5.41, 5.74) is 6.34. The molecule has 0 aliphatic heterocycles. The molecule has 0 saturated heterocycles. The molecule has 2 unspecified atom stereocenters. The maximum Gasteiger partial charge on any atom is 0.256 e. The molecule has 0 aliphatic carbocycles. The van der Waals surface area contributed by atoms with Gasteiger partial charge < -0.3 is 15.6 Å². The van der Waals surface area contributed by atoms with Gasteiger partial charge in [-0.3, -0.25) is 4.79 Å². The number of hydrogen-bond donors (Lipinski definition) is 2. The number of thiophene rings is 1. The van der Waals surface area contributed by atoms with Crippen LogP contribution in [-0.2, 0) is 0 Å². The molecule has 0 aromatic carbocycles. The summed E-state index contributed by atoms with van der Waals surface area (Å²) in [5, 5.41) is 6.37. The molecule has 0 saturated carbocycles. The molecule has 2 aromatic rings. The van der Waals surface area contributed by atoms with Crippen molar-refractivity contribution in [2.24, 2.45) is 5.73 Å². The Kier molecular flexibility index (Phi) is 5.78. The molecule has 0 spiro atoms. The van der Waals surface area contributed by atoms with Gasteiger partial charge in [0.2, 0.25) is 0 Å². The van der Waals surface area contributed by atoms with Gasteiger partial charge in [0.15, 0.2) is 0 Å². The van der Waals surface area contributed by atoms with E-state index in [1.165, 1.54) is 17.3 Å². The van der Waals surface area contributed by atoms with Crippen LogP contribution in [0.5, 0.6) is 0 Å². The number of nitrogens with zero attached hydrogens (tertiary/aromatic N) is 1. The highest BCUT2D eigenvalue weighted by Gasteiger charge is 2.16. The fraction of sp³-hybridized carbons (Fsp3) is 0.429. The number of nitrogens with one attached hydrogen (secondary N) is 1. The quantitative estimate of drug-likeness (QED) is 0.819. The number of aromatic nitrogens is 1. The highest BCUT2D eigenvalue weighted by atomic mass is 35.5. The number of rotatable bonds is 7. The summed E-state index contributed by atoms with van der Waals surface area (Å²) in [6.45, 7) is 2.55. The Morgan fingerprint density at radius 3 is 2.95 bits per heavy atom. The van der Waals surface area contributed by atoms with Gasteiger partial charge in [-0.2, -0.15) is 0 Å². The first-order valence-electron chi connectivity index (χ1n) is 6.74. The third-order valence-corrected chi connectivity index (χ3v) is 4.52. The molecule has 2 atom stereocenters. The summed E-state index contributed by atoms with van der Waals surface area (Å²) in [6.07, 6.45) is 4.40. The SMILES string of the molecule is CC(N)CC(CCNC(=O)c1cnoc1)c1ccc(Cl)s1. The molecule has 3 N–H and O–H groups in total. The lowest BCUT2D eigenvalue weighted by Crippen LogP contribution is -2.26. The number of nitrogens with two attached hydrogens (primary N) is 1. The average Bonchev–Trinajstić information content (AvgIpc) is 3.07. The molecular formula is C14H18ClN3O2S. The Balaban J connectivity index is 1.89. The molecule has 114 valence electrons. The van der Waals surface area contributed by atoms with Gasteiger partial charge in [-0.05, 0) is 37.8 Å². The number of carbonyl (C=O) groups excluding carboxylic acids is 1. The smallest absolute Gasteiger partial charge is 0.256 e. The van der Waals surface area contributed by atoms with Crippen molar-refractivity contribution in [3.63, 3.8) is 0 Å². The fourth-order valence-corrected chi connectivity index (χ4v) is 3.36. The molecule has 0 bridgehead atoms. The first kappa shape index (κ1) is 16.0. The van der Waals surface area contributed by atoms with Crippen molar-refractivity contribution < 1.29 is 9.32 Å². The van der Waals surface area contributed by atoms with Crippen LogP contribution in [0.1, 0.15) is 40.9 Å². The summed E-state index contributed by atoms with van der Waals surface area (Å²) < 4.78 is 5.42. The normalized spacial score (nSPS) is 13.9. The summed E-state index contributed by atoms with van der Waals surface area (Å²) in [7, 11) is 0. The lowest BCUT2D eigenvalue weighted by molar-refractivity contribution is 0.0951. The predicted octanol–water partition coefficient (Wildman–Crippen LogP) is 3.03. The molecule has 2 aromatic heterocycles. The second-order valence-corrected chi connectivity index (χ2v) is 6.76. The first-order valence-corrected chi connectivity index (χ1v) is 7.94. The minimum atomic E-state index is -0.181. The van der Waals surface area contributed by atoms with E-state index in [9.17, 15) is 4.79 Å². The molecule has 0 fully saturated rings. The molecule has 1 amide bonds. The van der Waals surface area contributed by atoms with E-state index in [-0.39, 0.29) is 11.9 Å². The number of amides is 1. The highest BCUT2D eigenvalue weighted by Crippen LogP contribution is 2.32. The molecule has 0 radical (unpaired) electrons. The Labute approximate surface area is 132 Å². The molecule has 7 heteroatoms. The largest absolute Gasteiger partial charge is 0.364 e. The molecule has 2 rings (SSSR count). The van der Waals surface area contributed by atoms with Crippen molar-refractivity contribution >= 4 is 28.8 Å². The van der Waals surface area contributed by atoms with Crippen molar-refractivity contribution in [3.8, 4) is 0 Å². The summed E-state index contributed by atoms with van der Waals surface area (Å²) >= 11 is 7.56. The average molecular weight is 328 g/mol. The second kappa shape index (κ2) is 7.59. The Hall–Kier alpha value is -1.37. The third kappa shape index (κ3) is 4.84. The zero-order valence-corrected chi connectivity index (χ0v) is 13.3. The zero-order chi connectivity index (χ0) is 15.2. The van der Waals surface area contributed by atoms with Gasteiger partial charge in [0.05, 0.1) is 16.1 Å². The second-order valence-electron chi connectivity index (χ2n) is 5.01. The van der Waals surface area contributed by atoms with Gasteiger partial charge in [-0.25, -0.2) is 0 Å². The monoisotopic (exact) mass is 327 g/mol. The molecule has 0 aliphatic rings. The first-order chi connectivity index (χ1) is 10.1. The van der Waals surface area contributed by atoms with Crippen molar-refractivity contribution in [3.05, 3.63) is 39.4 Å². The van der Waals surface area contributed by atoms with E-state index in [1.54, 1.807) is 11.3 Å². The van der Waals surface area contributed by atoms with E-state index < -0.39 is 0 Å². The van der Waals surface area contributed by atoms with Crippen LogP contribution in [-0.4, -0.2) is 23.7 Å². The third-order valence-electron chi connectivity index (χ3n) is 3.13. The molecule has 5 nitrogen and oxygen atoms in total. The summed E-state index contributed by atoms with van der Waals surface area (Å²) in [6, 6.07) is 4.03. The Morgan fingerprint density at radius 2 is 2.38 bits per heavy atom. The van der Waals surface area contributed by atoms with E-state index in [0.717, 1.165) is 17.2 Å². The van der Waals surface area contributed by atoms with E-state index in [4.69, 9.17) is 17.3 Å².